The maximum absolute atomic E-state index is 13.8. The number of ether oxygens (including phenoxy) is 1. The molecule has 1 atom stereocenters. The highest BCUT2D eigenvalue weighted by molar-refractivity contribution is 5.79. The lowest BCUT2D eigenvalue weighted by molar-refractivity contribution is -0.127. The van der Waals surface area contributed by atoms with Crippen molar-refractivity contribution < 1.29 is 13.9 Å². The van der Waals surface area contributed by atoms with Gasteiger partial charge in [-0.2, -0.15) is 0 Å². The van der Waals surface area contributed by atoms with Gasteiger partial charge in [-0.3, -0.25) is 9.69 Å². The van der Waals surface area contributed by atoms with E-state index >= 15 is 0 Å². The van der Waals surface area contributed by atoms with E-state index in [9.17, 15) is 9.18 Å². The van der Waals surface area contributed by atoms with Crippen molar-refractivity contribution in [2.24, 2.45) is 5.92 Å². The first-order valence-electron chi connectivity index (χ1n) is 9.97. The van der Waals surface area contributed by atoms with Crippen LogP contribution < -0.4 is 10.1 Å². The van der Waals surface area contributed by atoms with E-state index in [0.29, 0.717) is 18.7 Å². The predicted molar refractivity (Wildman–Crippen MR) is 109 cm³/mol. The van der Waals surface area contributed by atoms with Crippen molar-refractivity contribution in [1.82, 2.24) is 10.2 Å². The monoisotopic (exact) mass is 384 g/mol. The van der Waals surface area contributed by atoms with E-state index in [-0.39, 0.29) is 23.7 Å². The molecule has 1 amide bonds. The third-order valence-electron chi connectivity index (χ3n) is 5.22. The van der Waals surface area contributed by atoms with E-state index in [1.807, 2.05) is 50.2 Å². The first-order chi connectivity index (χ1) is 13.5. The van der Waals surface area contributed by atoms with Crippen LogP contribution in [0.5, 0.6) is 5.75 Å². The van der Waals surface area contributed by atoms with Crippen molar-refractivity contribution in [2.75, 3.05) is 19.7 Å². The molecule has 5 heteroatoms. The maximum atomic E-state index is 13.8. The average Bonchev–Trinajstić information content (AvgIpc) is 2.70. The van der Waals surface area contributed by atoms with E-state index in [1.165, 1.54) is 11.6 Å². The van der Waals surface area contributed by atoms with Crippen LogP contribution in [-0.4, -0.2) is 36.5 Å². The molecule has 3 rings (SSSR count). The molecule has 4 nitrogen and oxygen atoms in total. The molecule has 1 N–H and O–H groups in total. The SMILES string of the molecule is Cc1ccc(OC[C@@H](C)NC(=O)C2CCN(Cc3ccccc3F)CC2)cc1. The van der Waals surface area contributed by atoms with Crippen molar-refractivity contribution >= 4 is 5.91 Å². The van der Waals surface area contributed by atoms with E-state index in [4.69, 9.17) is 4.74 Å². The molecule has 1 fully saturated rings. The van der Waals surface area contributed by atoms with Crippen LogP contribution in [0.3, 0.4) is 0 Å². The molecule has 0 aromatic heterocycles. The van der Waals surface area contributed by atoms with Gasteiger partial charge in [-0.05, 0) is 58.0 Å². The van der Waals surface area contributed by atoms with Gasteiger partial charge < -0.3 is 10.1 Å². The Bertz CT molecular complexity index is 770. The largest absolute Gasteiger partial charge is 0.491 e. The second-order valence-corrected chi connectivity index (χ2v) is 7.68. The van der Waals surface area contributed by atoms with Crippen LogP contribution in [0.4, 0.5) is 4.39 Å². The van der Waals surface area contributed by atoms with Crippen molar-refractivity contribution in [2.45, 2.75) is 39.3 Å². The smallest absolute Gasteiger partial charge is 0.223 e. The van der Waals surface area contributed by atoms with Crippen LogP contribution in [0.15, 0.2) is 48.5 Å². The van der Waals surface area contributed by atoms with Crippen molar-refractivity contribution in [1.29, 1.82) is 0 Å². The average molecular weight is 384 g/mol. The Hall–Kier alpha value is -2.40. The Morgan fingerprint density at radius 3 is 2.54 bits per heavy atom. The molecule has 0 saturated carbocycles. The number of aryl methyl sites for hydroxylation is 1. The van der Waals surface area contributed by atoms with Crippen molar-refractivity contribution in [3.63, 3.8) is 0 Å². The lowest BCUT2D eigenvalue weighted by Crippen LogP contribution is -2.44. The summed E-state index contributed by atoms with van der Waals surface area (Å²) in [5, 5.41) is 3.06. The number of likely N-dealkylation sites (tertiary alicyclic amines) is 1. The van der Waals surface area contributed by atoms with Gasteiger partial charge in [-0.15, -0.1) is 0 Å². The highest BCUT2D eigenvalue weighted by atomic mass is 19.1. The summed E-state index contributed by atoms with van der Waals surface area (Å²) in [6.07, 6.45) is 1.59. The summed E-state index contributed by atoms with van der Waals surface area (Å²) in [6, 6.07) is 14.7. The molecule has 1 aliphatic rings. The van der Waals surface area contributed by atoms with Crippen molar-refractivity contribution in [3.05, 3.63) is 65.5 Å². The van der Waals surface area contributed by atoms with Gasteiger partial charge in [-0.25, -0.2) is 4.39 Å². The van der Waals surface area contributed by atoms with Gasteiger partial charge >= 0.3 is 0 Å². The molecule has 28 heavy (non-hydrogen) atoms. The molecule has 2 aromatic carbocycles. The molecule has 1 saturated heterocycles. The Morgan fingerprint density at radius 1 is 1.18 bits per heavy atom. The number of amides is 1. The normalized spacial score (nSPS) is 16.5. The molecule has 0 spiro atoms. The number of piperidine rings is 1. The number of benzene rings is 2. The van der Waals surface area contributed by atoms with E-state index in [0.717, 1.165) is 31.7 Å². The minimum atomic E-state index is -0.162. The quantitative estimate of drug-likeness (QED) is 0.786. The van der Waals surface area contributed by atoms with Crippen LogP contribution in [0.2, 0.25) is 0 Å². The minimum absolute atomic E-state index is 0.0127. The number of hydrogen-bond donors (Lipinski definition) is 1. The molecule has 0 unspecified atom stereocenters. The molecule has 1 heterocycles. The topological polar surface area (TPSA) is 41.6 Å². The summed E-state index contributed by atoms with van der Waals surface area (Å²) < 4.78 is 19.6. The molecule has 0 bridgehead atoms. The fraction of sp³-hybridized carbons (Fsp3) is 0.435. The summed E-state index contributed by atoms with van der Waals surface area (Å²) >= 11 is 0. The number of hydrogen-bond acceptors (Lipinski definition) is 3. The lowest BCUT2D eigenvalue weighted by atomic mass is 9.95. The lowest BCUT2D eigenvalue weighted by Gasteiger charge is -2.32. The zero-order valence-electron chi connectivity index (χ0n) is 16.7. The number of halogens is 1. The minimum Gasteiger partial charge on any atom is -0.491 e. The van der Waals surface area contributed by atoms with Gasteiger partial charge in [0.2, 0.25) is 5.91 Å². The van der Waals surface area contributed by atoms with E-state index in [2.05, 4.69) is 10.2 Å². The van der Waals surface area contributed by atoms with Gasteiger partial charge in [0, 0.05) is 18.0 Å². The molecular formula is C23H29FN2O2. The Labute approximate surface area is 166 Å². The molecule has 0 radical (unpaired) electrons. The van der Waals surface area contributed by atoms with Crippen LogP contribution >= 0.6 is 0 Å². The Morgan fingerprint density at radius 2 is 1.86 bits per heavy atom. The summed E-state index contributed by atoms with van der Waals surface area (Å²) in [7, 11) is 0. The van der Waals surface area contributed by atoms with E-state index < -0.39 is 0 Å². The first-order valence-corrected chi connectivity index (χ1v) is 9.97. The number of nitrogens with zero attached hydrogens (tertiary/aromatic N) is 1. The number of carbonyl (C=O) groups is 1. The standard InChI is InChI=1S/C23H29FN2O2/c1-17-7-9-21(10-8-17)28-16-18(2)25-23(27)19-11-13-26(14-12-19)15-20-5-3-4-6-22(20)24/h3-10,18-19H,11-16H2,1-2H3,(H,25,27)/t18-/m1/s1. The van der Waals surface area contributed by atoms with Gasteiger partial charge in [0.15, 0.2) is 0 Å². The zero-order valence-corrected chi connectivity index (χ0v) is 16.7. The second kappa shape index (κ2) is 9.69. The third-order valence-corrected chi connectivity index (χ3v) is 5.22. The van der Waals surface area contributed by atoms with Gasteiger partial charge in [0.1, 0.15) is 18.2 Å². The highest BCUT2D eigenvalue weighted by Crippen LogP contribution is 2.20. The summed E-state index contributed by atoms with van der Waals surface area (Å²) in [5.41, 5.74) is 1.90. The van der Waals surface area contributed by atoms with E-state index in [1.54, 1.807) is 6.07 Å². The van der Waals surface area contributed by atoms with Crippen LogP contribution in [0.25, 0.3) is 0 Å². The zero-order chi connectivity index (χ0) is 19.9. The number of rotatable bonds is 7. The third kappa shape index (κ3) is 5.80. The fourth-order valence-corrected chi connectivity index (χ4v) is 3.48. The summed E-state index contributed by atoms with van der Waals surface area (Å²) in [6.45, 7) is 6.65. The van der Waals surface area contributed by atoms with Crippen LogP contribution in [0, 0.1) is 18.7 Å². The molecule has 150 valence electrons. The van der Waals surface area contributed by atoms with Crippen LogP contribution in [0.1, 0.15) is 30.9 Å². The Kier molecular flexibility index (Phi) is 7.04. The number of carbonyl (C=O) groups excluding carboxylic acids is 1. The van der Waals surface area contributed by atoms with Gasteiger partial charge in [-0.1, -0.05) is 35.9 Å². The van der Waals surface area contributed by atoms with Crippen LogP contribution in [-0.2, 0) is 11.3 Å². The molecular weight excluding hydrogens is 355 g/mol. The highest BCUT2D eigenvalue weighted by Gasteiger charge is 2.26. The predicted octanol–water partition coefficient (Wildman–Crippen LogP) is 3.93. The van der Waals surface area contributed by atoms with Crippen molar-refractivity contribution in [3.8, 4) is 5.75 Å². The molecule has 2 aromatic rings. The summed E-state index contributed by atoms with van der Waals surface area (Å²) in [5.74, 6) is 0.752. The van der Waals surface area contributed by atoms with Gasteiger partial charge in [0.05, 0.1) is 6.04 Å². The van der Waals surface area contributed by atoms with Gasteiger partial charge in [0.25, 0.3) is 0 Å². The second-order valence-electron chi connectivity index (χ2n) is 7.68. The molecule has 0 aliphatic carbocycles. The number of nitrogens with one attached hydrogen (secondary N) is 1. The Balaban J connectivity index is 1.39. The first kappa shape index (κ1) is 20.3. The fourth-order valence-electron chi connectivity index (χ4n) is 3.48. The summed E-state index contributed by atoms with van der Waals surface area (Å²) in [4.78, 5) is 14.8. The maximum Gasteiger partial charge on any atom is 0.223 e. The molecule has 1 aliphatic heterocycles.